The molecule has 1 aliphatic rings. The van der Waals surface area contributed by atoms with Crippen LogP contribution >= 0.6 is 0 Å². The fourth-order valence-corrected chi connectivity index (χ4v) is 2.33. The Labute approximate surface area is 89.6 Å². The van der Waals surface area contributed by atoms with E-state index in [1.54, 1.807) is 18.3 Å². The van der Waals surface area contributed by atoms with E-state index in [-0.39, 0.29) is 4.90 Å². The molecule has 4 nitrogen and oxygen atoms in total. The number of hydrogen-bond acceptors (Lipinski definition) is 4. The van der Waals surface area contributed by atoms with E-state index in [1.165, 1.54) is 12.7 Å². The molecule has 1 N–H and O–H groups in total. The molecule has 5 heteroatoms. The molecule has 0 unspecified atom stereocenters. The van der Waals surface area contributed by atoms with E-state index >= 15 is 0 Å². The topological polar surface area (TPSA) is 59.1 Å². The molecule has 82 valence electrons. The zero-order valence-electron chi connectivity index (χ0n) is 8.60. The molecule has 15 heavy (non-hydrogen) atoms. The largest absolute Gasteiger partial charge is 0.366 e. The zero-order valence-corrected chi connectivity index (χ0v) is 9.42. The minimum Gasteiger partial charge on any atom is -0.366 e. The Hall–Kier alpha value is -1.10. The maximum atomic E-state index is 11.5. The van der Waals surface area contributed by atoms with Crippen LogP contribution in [0.1, 0.15) is 19.3 Å². The van der Waals surface area contributed by atoms with E-state index in [4.69, 9.17) is 0 Å². The molecule has 1 heterocycles. The van der Waals surface area contributed by atoms with Crippen molar-refractivity contribution in [3.63, 3.8) is 0 Å². The van der Waals surface area contributed by atoms with Gasteiger partial charge in [-0.3, -0.25) is 0 Å². The molecule has 0 spiro atoms. The molecular weight excluding hydrogens is 212 g/mol. The van der Waals surface area contributed by atoms with Crippen molar-refractivity contribution in [1.29, 1.82) is 0 Å². The fourth-order valence-electron chi connectivity index (χ4n) is 1.54. The average molecular weight is 226 g/mol. The summed E-state index contributed by atoms with van der Waals surface area (Å²) in [6.45, 7) is 0. The first-order valence-electron chi connectivity index (χ1n) is 4.99. The van der Waals surface area contributed by atoms with E-state index in [1.807, 2.05) is 0 Å². The molecule has 1 aromatic heterocycles. The Morgan fingerprint density at radius 2 is 2.20 bits per heavy atom. The summed E-state index contributed by atoms with van der Waals surface area (Å²) in [7, 11) is -3.19. The summed E-state index contributed by atoms with van der Waals surface area (Å²) in [5.74, 6) is 0.490. The quantitative estimate of drug-likeness (QED) is 0.847. The van der Waals surface area contributed by atoms with Gasteiger partial charge in [-0.1, -0.05) is 0 Å². The van der Waals surface area contributed by atoms with Gasteiger partial charge in [0.25, 0.3) is 0 Å². The summed E-state index contributed by atoms with van der Waals surface area (Å²) in [4.78, 5) is 4.37. The van der Waals surface area contributed by atoms with Crippen LogP contribution < -0.4 is 5.32 Å². The molecule has 1 aliphatic carbocycles. The van der Waals surface area contributed by atoms with Crippen molar-refractivity contribution >= 4 is 15.7 Å². The van der Waals surface area contributed by atoms with Crippen LogP contribution in [0.25, 0.3) is 0 Å². The van der Waals surface area contributed by atoms with Crippen LogP contribution in [-0.2, 0) is 9.84 Å². The second-order valence-electron chi connectivity index (χ2n) is 3.89. The molecule has 1 fully saturated rings. The SMILES string of the molecule is CS(=O)(=O)c1cccnc1NC1CCC1. The number of aromatic nitrogens is 1. The Kier molecular flexibility index (Phi) is 2.65. The molecule has 0 aliphatic heterocycles. The summed E-state index contributed by atoms with van der Waals surface area (Å²) in [6, 6.07) is 3.62. The summed E-state index contributed by atoms with van der Waals surface area (Å²) >= 11 is 0. The van der Waals surface area contributed by atoms with Crippen molar-refractivity contribution < 1.29 is 8.42 Å². The molecule has 0 atom stereocenters. The van der Waals surface area contributed by atoms with Crippen molar-refractivity contribution in [2.45, 2.75) is 30.2 Å². The monoisotopic (exact) mass is 226 g/mol. The van der Waals surface area contributed by atoms with Gasteiger partial charge in [0.2, 0.25) is 0 Å². The number of nitrogens with zero attached hydrogens (tertiary/aromatic N) is 1. The molecule has 0 radical (unpaired) electrons. The maximum absolute atomic E-state index is 11.5. The Morgan fingerprint density at radius 3 is 2.73 bits per heavy atom. The number of nitrogens with one attached hydrogen (secondary N) is 1. The van der Waals surface area contributed by atoms with Gasteiger partial charge in [0.05, 0.1) is 0 Å². The smallest absolute Gasteiger partial charge is 0.179 e. The number of pyridine rings is 1. The minimum absolute atomic E-state index is 0.289. The van der Waals surface area contributed by atoms with E-state index < -0.39 is 9.84 Å². The first kappa shape index (κ1) is 10.4. The van der Waals surface area contributed by atoms with Gasteiger partial charge in [0, 0.05) is 18.5 Å². The Bertz CT molecular complexity index is 452. The first-order valence-corrected chi connectivity index (χ1v) is 6.88. The lowest BCUT2D eigenvalue weighted by Gasteiger charge is -2.27. The standard InChI is InChI=1S/C10H14N2O2S/c1-15(13,14)9-6-3-7-11-10(9)12-8-4-2-5-8/h3,6-8H,2,4-5H2,1H3,(H,11,12). The van der Waals surface area contributed by atoms with Gasteiger partial charge in [0.15, 0.2) is 9.84 Å². The summed E-state index contributed by atoms with van der Waals surface area (Å²) < 4.78 is 22.9. The van der Waals surface area contributed by atoms with Crippen molar-refractivity contribution in [1.82, 2.24) is 4.98 Å². The van der Waals surface area contributed by atoms with E-state index in [9.17, 15) is 8.42 Å². The van der Waals surface area contributed by atoms with E-state index in [0.29, 0.717) is 11.9 Å². The van der Waals surface area contributed by atoms with Gasteiger partial charge in [-0.2, -0.15) is 0 Å². The first-order chi connectivity index (χ1) is 7.07. The Balaban J connectivity index is 2.29. The van der Waals surface area contributed by atoms with Gasteiger partial charge < -0.3 is 5.32 Å². The molecule has 1 aromatic rings. The highest BCUT2D eigenvalue weighted by molar-refractivity contribution is 7.90. The van der Waals surface area contributed by atoms with Crippen LogP contribution in [0.15, 0.2) is 23.2 Å². The van der Waals surface area contributed by atoms with Crippen LogP contribution in [0.4, 0.5) is 5.82 Å². The van der Waals surface area contributed by atoms with Crippen LogP contribution in [0.2, 0.25) is 0 Å². The lowest BCUT2D eigenvalue weighted by molar-refractivity contribution is 0.443. The normalized spacial score (nSPS) is 17.1. The molecule has 0 bridgehead atoms. The average Bonchev–Trinajstić information content (AvgIpc) is 2.10. The van der Waals surface area contributed by atoms with E-state index in [2.05, 4.69) is 10.3 Å². The second-order valence-corrected chi connectivity index (χ2v) is 5.88. The minimum atomic E-state index is -3.19. The van der Waals surface area contributed by atoms with Crippen molar-refractivity contribution in [3.8, 4) is 0 Å². The molecule has 0 saturated heterocycles. The second kappa shape index (κ2) is 3.81. The highest BCUT2D eigenvalue weighted by atomic mass is 32.2. The van der Waals surface area contributed by atoms with Gasteiger partial charge in [-0.15, -0.1) is 0 Å². The number of hydrogen-bond donors (Lipinski definition) is 1. The van der Waals surface area contributed by atoms with Crippen molar-refractivity contribution in [2.75, 3.05) is 11.6 Å². The molecule has 1 saturated carbocycles. The van der Waals surface area contributed by atoms with Crippen LogP contribution in [0.5, 0.6) is 0 Å². The molecule has 2 rings (SSSR count). The van der Waals surface area contributed by atoms with Gasteiger partial charge in [0.1, 0.15) is 10.7 Å². The molecule has 0 amide bonds. The third-order valence-electron chi connectivity index (χ3n) is 2.62. The van der Waals surface area contributed by atoms with E-state index in [0.717, 1.165) is 12.8 Å². The number of anilines is 1. The van der Waals surface area contributed by atoms with Crippen molar-refractivity contribution in [2.24, 2.45) is 0 Å². The van der Waals surface area contributed by atoms with Crippen LogP contribution in [0.3, 0.4) is 0 Å². The van der Waals surface area contributed by atoms with Crippen molar-refractivity contribution in [3.05, 3.63) is 18.3 Å². The lowest BCUT2D eigenvalue weighted by Crippen LogP contribution is -2.28. The predicted molar refractivity (Wildman–Crippen MR) is 58.6 cm³/mol. The van der Waals surface area contributed by atoms with Crippen LogP contribution in [0, 0.1) is 0 Å². The third kappa shape index (κ3) is 2.28. The maximum Gasteiger partial charge on any atom is 0.179 e. The highest BCUT2D eigenvalue weighted by Crippen LogP contribution is 2.25. The summed E-state index contributed by atoms with van der Waals surface area (Å²) in [5.41, 5.74) is 0. The Morgan fingerprint density at radius 1 is 1.47 bits per heavy atom. The number of sulfone groups is 1. The number of rotatable bonds is 3. The molecular formula is C10H14N2O2S. The fraction of sp³-hybridized carbons (Fsp3) is 0.500. The van der Waals surface area contributed by atoms with Gasteiger partial charge in [-0.05, 0) is 31.4 Å². The lowest BCUT2D eigenvalue weighted by atomic mass is 9.93. The predicted octanol–water partition coefficient (Wildman–Crippen LogP) is 1.45. The van der Waals surface area contributed by atoms with Gasteiger partial charge in [-0.25, -0.2) is 13.4 Å². The summed E-state index contributed by atoms with van der Waals surface area (Å²) in [6.07, 6.45) is 6.21. The summed E-state index contributed by atoms with van der Waals surface area (Å²) in [5, 5.41) is 3.16. The third-order valence-corrected chi connectivity index (χ3v) is 3.74. The highest BCUT2D eigenvalue weighted by Gasteiger charge is 2.21. The van der Waals surface area contributed by atoms with Gasteiger partial charge >= 0.3 is 0 Å². The molecule has 0 aromatic carbocycles. The van der Waals surface area contributed by atoms with Crippen LogP contribution in [-0.4, -0.2) is 25.7 Å². The zero-order chi connectivity index (χ0) is 10.9.